The Morgan fingerprint density at radius 1 is 1.11 bits per heavy atom. The Morgan fingerprint density at radius 2 is 1.83 bits per heavy atom. The Kier molecular flexibility index (Phi) is 3.48. The van der Waals surface area contributed by atoms with Crippen LogP contribution in [-0.4, -0.2) is 16.2 Å². The molecule has 1 aliphatic rings. The molecule has 1 heterocycles. The summed E-state index contributed by atoms with van der Waals surface area (Å²) in [7, 11) is 0. The minimum absolute atomic E-state index is 0.580. The Morgan fingerprint density at radius 3 is 2.56 bits per heavy atom. The van der Waals surface area contributed by atoms with E-state index in [0.29, 0.717) is 6.04 Å². The fourth-order valence-corrected chi connectivity index (χ4v) is 3.19. The summed E-state index contributed by atoms with van der Waals surface area (Å²) < 4.78 is 0. The van der Waals surface area contributed by atoms with E-state index in [1.807, 2.05) is 24.3 Å². The van der Waals surface area contributed by atoms with Crippen LogP contribution in [0.15, 0.2) is 24.3 Å². The van der Waals surface area contributed by atoms with Crippen molar-refractivity contribution in [1.29, 1.82) is 0 Å². The number of aromatic nitrogens is 2. The van der Waals surface area contributed by atoms with Crippen molar-refractivity contribution < 1.29 is 0 Å². The zero-order valence-corrected chi connectivity index (χ0v) is 11.5. The van der Waals surface area contributed by atoms with Crippen molar-refractivity contribution in [1.82, 2.24) is 10.2 Å². The van der Waals surface area contributed by atoms with Gasteiger partial charge in [0.1, 0.15) is 5.01 Å². The van der Waals surface area contributed by atoms with Gasteiger partial charge in [0.2, 0.25) is 5.13 Å². The average Bonchev–Trinajstić information content (AvgIpc) is 3.02. The number of nitrogens with one attached hydrogen (secondary N) is 1. The molecular formula is C13H14ClN3S. The highest BCUT2D eigenvalue weighted by Gasteiger charge is 2.16. The van der Waals surface area contributed by atoms with Crippen molar-refractivity contribution in [2.45, 2.75) is 31.7 Å². The number of nitrogens with zero attached hydrogens (tertiary/aromatic N) is 2. The average molecular weight is 280 g/mol. The number of benzene rings is 1. The van der Waals surface area contributed by atoms with Gasteiger partial charge in [-0.2, -0.15) is 0 Å². The summed E-state index contributed by atoms with van der Waals surface area (Å²) in [5, 5.41) is 14.5. The minimum Gasteiger partial charge on any atom is -0.357 e. The molecule has 0 saturated heterocycles. The summed E-state index contributed by atoms with van der Waals surface area (Å²) in [5.41, 5.74) is 1.07. The lowest BCUT2D eigenvalue weighted by atomic mass is 10.2. The zero-order chi connectivity index (χ0) is 12.4. The molecule has 0 unspecified atom stereocenters. The topological polar surface area (TPSA) is 37.8 Å². The highest BCUT2D eigenvalue weighted by molar-refractivity contribution is 7.18. The van der Waals surface area contributed by atoms with Gasteiger partial charge < -0.3 is 5.32 Å². The Hall–Kier alpha value is -1.13. The highest BCUT2D eigenvalue weighted by atomic mass is 35.5. The largest absolute Gasteiger partial charge is 0.357 e. The molecule has 3 rings (SSSR count). The Balaban J connectivity index is 1.74. The van der Waals surface area contributed by atoms with Crippen LogP contribution in [0.4, 0.5) is 5.13 Å². The summed E-state index contributed by atoms with van der Waals surface area (Å²) in [6, 6.07) is 8.28. The van der Waals surface area contributed by atoms with Crippen molar-refractivity contribution in [2.75, 3.05) is 5.32 Å². The lowest BCUT2D eigenvalue weighted by molar-refractivity contribution is 0.751. The van der Waals surface area contributed by atoms with Gasteiger partial charge in [-0.3, -0.25) is 0 Å². The molecule has 0 bridgehead atoms. The molecule has 1 fully saturated rings. The number of anilines is 1. The van der Waals surface area contributed by atoms with Gasteiger partial charge in [-0.15, -0.1) is 10.2 Å². The van der Waals surface area contributed by atoms with Crippen LogP contribution in [0.1, 0.15) is 25.7 Å². The first kappa shape index (κ1) is 11.9. The summed E-state index contributed by atoms with van der Waals surface area (Å²) in [4.78, 5) is 0. The molecule has 2 aromatic rings. The molecule has 94 valence electrons. The molecule has 0 radical (unpaired) electrons. The number of rotatable bonds is 3. The Labute approximate surface area is 115 Å². The normalized spacial score (nSPS) is 16.1. The van der Waals surface area contributed by atoms with Gasteiger partial charge >= 0.3 is 0 Å². The second kappa shape index (κ2) is 5.24. The third kappa shape index (κ3) is 2.65. The van der Waals surface area contributed by atoms with Crippen LogP contribution < -0.4 is 5.32 Å². The molecule has 0 spiro atoms. The van der Waals surface area contributed by atoms with Gasteiger partial charge in [0.05, 0.1) is 0 Å². The van der Waals surface area contributed by atoms with E-state index in [2.05, 4.69) is 15.5 Å². The second-order valence-electron chi connectivity index (χ2n) is 4.54. The molecule has 5 heteroatoms. The standard InChI is InChI=1S/C13H14ClN3S/c14-10-7-5-9(6-8-10)12-16-17-13(18-12)15-11-3-1-2-4-11/h5-8,11H,1-4H2,(H,15,17). The maximum Gasteiger partial charge on any atom is 0.206 e. The molecule has 18 heavy (non-hydrogen) atoms. The fourth-order valence-electron chi connectivity index (χ4n) is 2.24. The molecular weight excluding hydrogens is 266 g/mol. The predicted octanol–water partition coefficient (Wildman–Crippen LogP) is 4.21. The third-order valence-electron chi connectivity index (χ3n) is 3.20. The first-order chi connectivity index (χ1) is 8.81. The van der Waals surface area contributed by atoms with Gasteiger partial charge in [0, 0.05) is 16.6 Å². The molecule has 1 aromatic heterocycles. The summed E-state index contributed by atoms with van der Waals surface area (Å²) >= 11 is 7.47. The lowest BCUT2D eigenvalue weighted by Crippen LogP contribution is -2.13. The quantitative estimate of drug-likeness (QED) is 0.914. The van der Waals surface area contributed by atoms with Gasteiger partial charge in [-0.1, -0.05) is 47.9 Å². The molecule has 1 N–H and O–H groups in total. The molecule has 3 nitrogen and oxygen atoms in total. The van der Waals surface area contributed by atoms with Crippen LogP contribution >= 0.6 is 22.9 Å². The fraction of sp³-hybridized carbons (Fsp3) is 0.385. The Bertz CT molecular complexity index is 517. The zero-order valence-electron chi connectivity index (χ0n) is 9.90. The van der Waals surface area contributed by atoms with Crippen LogP contribution in [0.5, 0.6) is 0 Å². The smallest absolute Gasteiger partial charge is 0.206 e. The van der Waals surface area contributed by atoms with E-state index in [4.69, 9.17) is 11.6 Å². The van der Waals surface area contributed by atoms with E-state index in [1.165, 1.54) is 25.7 Å². The van der Waals surface area contributed by atoms with Crippen LogP contribution in [0, 0.1) is 0 Å². The van der Waals surface area contributed by atoms with Crippen LogP contribution in [0.3, 0.4) is 0 Å². The first-order valence-electron chi connectivity index (χ1n) is 6.17. The molecule has 1 aliphatic carbocycles. The summed E-state index contributed by atoms with van der Waals surface area (Å²) in [5.74, 6) is 0. The first-order valence-corrected chi connectivity index (χ1v) is 7.37. The molecule has 0 atom stereocenters. The molecule has 1 saturated carbocycles. The molecule has 1 aromatic carbocycles. The van der Waals surface area contributed by atoms with Gasteiger partial charge in [-0.05, 0) is 25.0 Å². The number of hydrogen-bond donors (Lipinski definition) is 1. The SMILES string of the molecule is Clc1ccc(-c2nnc(NC3CCCC3)s2)cc1. The summed E-state index contributed by atoms with van der Waals surface area (Å²) in [6.07, 6.45) is 5.13. The van der Waals surface area contributed by atoms with Crippen molar-refractivity contribution in [3.05, 3.63) is 29.3 Å². The van der Waals surface area contributed by atoms with Crippen molar-refractivity contribution in [3.8, 4) is 10.6 Å². The van der Waals surface area contributed by atoms with E-state index in [9.17, 15) is 0 Å². The van der Waals surface area contributed by atoms with E-state index in [1.54, 1.807) is 11.3 Å². The lowest BCUT2D eigenvalue weighted by Gasteiger charge is -2.08. The monoisotopic (exact) mass is 279 g/mol. The van der Waals surface area contributed by atoms with Gasteiger partial charge in [0.25, 0.3) is 0 Å². The number of hydrogen-bond acceptors (Lipinski definition) is 4. The second-order valence-corrected chi connectivity index (χ2v) is 5.96. The van der Waals surface area contributed by atoms with Gasteiger partial charge in [0.15, 0.2) is 0 Å². The predicted molar refractivity (Wildman–Crippen MR) is 76.2 cm³/mol. The van der Waals surface area contributed by atoms with Crippen LogP contribution in [-0.2, 0) is 0 Å². The van der Waals surface area contributed by atoms with Crippen molar-refractivity contribution in [3.63, 3.8) is 0 Å². The van der Waals surface area contributed by atoms with Crippen LogP contribution in [0.25, 0.3) is 10.6 Å². The van der Waals surface area contributed by atoms with Crippen molar-refractivity contribution >= 4 is 28.1 Å². The maximum absolute atomic E-state index is 5.87. The molecule has 0 amide bonds. The third-order valence-corrected chi connectivity index (χ3v) is 4.35. The van der Waals surface area contributed by atoms with Crippen molar-refractivity contribution in [2.24, 2.45) is 0 Å². The van der Waals surface area contributed by atoms with Crippen LogP contribution in [0.2, 0.25) is 5.02 Å². The minimum atomic E-state index is 0.580. The van der Waals surface area contributed by atoms with E-state index >= 15 is 0 Å². The van der Waals surface area contributed by atoms with E-state index < -0.39 is 0 Å². The maximum atomic E-state index is 5.87. The number of halogens is 1. The molecule has 0 aliphatic heterocycles. The van der Waals surface area contributed by atoms with Gasteiger partial charge in [-0.25, -0.2) is 0 Å². The van der Waals surface area contributed by atoms with E-state index in [-0.39, 0.29) is 0 Å². The summed E-state index contributed by atoms with van der Waals surface area (Å²) in [6.45, 7) is 0. The van der Waals surface area contributed by atoms with E-state index in [0.717, 1.165) is 20.7 Å². The highest BCUT2D eigenvalue weighted by Crippen LogP contribution is 2.29.